The summed E-state index contributed by atoms with van der Waals surface area (Å²) < 4.78 is 13.2. The van der Waals surface area contributed by atoms with Gasteiger partial charge in [0.1, 0.15) is 0 Å². The van der Waals surface area contributed by atoms with Crippen molar-refractivity contribution in [2.45, 2.75) is 25.8 Å². The molecule has 0 saturated carbocycles. The van der Waals surface area contributed by atoms with Crippen molar-refractivity contribution in [1.29, 1.82) is 0 Å². The number of carbonyl (C=O) groups excluding carboxylic acids is 1. The average Bonchev–Trinajstić information content (AvgIpc) is 2.29. The Bertz CT molecular complexity index is 378. The number of nitrogens with zero attached hydrogens (tertiary/aromatic N) is 1. The number of amides is 1. The van der Waals surface area contributed by atoms with E-state index in [2.05, 4.69) is 10.3 Å². The Morgan fingerprint density at radius 2 is 2.38 bits per heavy atom. The van der Waals surface area contributed by atoms with Crippen LogP contribution in [0.1, 0.15) is 30.6 Å². The molecule has 1 heterocycles. The van der Waals surface area contributed by atoms with Crippen LogP contribution in [0.4, 0.5) is 4.39 Å². The molecule has 2 N–H and O–H groups in total. The van der Waals surface area contributed by atoms with E-state index in [1.165, 1.54) is 12.3 Å². The average molecular weight is 226 g/mol. The lowest BCUT2D eigenvalue weighted by Gasteiger charge is -2.27. The van der Waals surface area contributed by atoms with Crippen molar-refractivity contribution in [3.05, 3.63) is 29.8 Å². The highest BCUT2D eigenvalue weighted by Gasteiger charge is 2.24. The van der Waals surface area contributed by atoms with Crippen molar-refractivity contribution in [2.75, 3.05) is 6.61 Å². The van der Waals surface area contributed by atoms with Gasteiger partial charge < -0.3 is 10.4 Å². The second-order valence-corrected chi connectivity index (χ2v) is 3.88. The van der Waals surface area contributed by atoms with Crippen LogP contribution in [-0.2, 0) is 0 Å². The number of carbonyl (C=O) groups is 1. The van der Waals surface area contributed by atoms with E-state index in [-0.39, 0.29) is 12.2 Å². The summed E-state index contributed by atoms with van der Waals surface area (Å²) in [7, 11) is 0. The van der Waals surface area contributed by atoms with Crippen LogP contribution in [-0.4, -0.2) is 28.1 Å². The summed E-state index contributed by atoms with van der Waals surface area (Å²) in [5.74, 6) is -1.21. The van der Waals surface area contributed by atoms with E-state index in [1.807, 2.05) is 6.92 Å². The molecule has 0 aliphatic carbocycles. The van der Waals surface area contributed by atoms with Crippen LogP contribution in [0.2, 0.25) is 0 Å². The topological polar surface area (TPSA) is 62.2 Å². The Kier molecular flexibility index (Phi) is 3.95. The van der Waals surface area contributed by atoms with Gasteiger partial charge in [0.15, 0.2) is 5.82 Å². The minimum Gasteiger partial charge on any atom is -0.394 e. The van der Waals surface area contributed by atoms with Crippen LogP contribution in [0.5, 0.6) is 0 Å². The Morgan fingerprint density at radius 1 is 1.69 bits per heavy atom. The summed E-state index contributed by atoms with van der Waals surface area (Å²) in [6.45, 7) is 3.34. The molecule has 0 bridgehead atoms. The summed E-state index contributed by atoms with van der Waals surface area (Å²) in [4.78, 5) is 15.3. The zero-order chi connectivity index (χ0) is 12.2. The first-order valence-corrected chi connectivity index (χ1v) is 5.05. The van der Waals surface area contributed by atoms with Crippen molar-refractivity contribution in [3.63, 3.8) is 0 Å². The molecule has 88 valence electrons. The lowest BCUT2D eigenvalue weighted by atomic mass is 9.99. The number of rotatable bonds is 4. The molecule has 0 saturated heterocycles. The molecular formula is C11H15FN2O2. The van der Waals surface area contributed by atoms with E-state index in [1.54, 1.807) is 6.92 Å². The van der Waals surface area contributed by atoms with Gasteiger partial charge in [-0.15, -0.1) is 0 Å². The van der Waals surface area contributed by atoms with E-state index in [0.717, 1.165) is 6.20 Å². The predicted octanol–water partition coefficient (Wildman–Crippen LogP) is 1.11. The summed E-state index contributed by atoms with van der Waals surface area (Å²) >= 11 is 0. The Morgan fingerprint density at radius 3 is 2.88 bits per heavy atom. The monoisotopic (exact) mass is 226 g/mol. The third kappa shape index (κ3) is 2.76. The normalized spacial score (nSPS) is 14.2. The van der Waals surface area contributed by atoms with Crippen LogP contribution >= 0.6 is 0 Å². The fraction of sp³-hybridized carbons (Fsp3) is 0.455. The van der Waals surface area contributed by atoms with Crippen LogP contribution < -0.4 is 5.32 Å². The van der Waals surface area contributed by atoms with Crippen molar-refractivity contribution in [2.24, 2.45) is 0 Å². The second kappa shape index (κ2) is 5.03. The van der Waals surface area contributed by atoms with Crippen LogP contribution in [0.15, 0.2) is 18.5 Å². The molecule has 0 aromatic carbocycles. The Hall–Kier alpha value is -1.49. The maximum absolute atomic E-state index is 13.2. The first-order chi connectivity index (χ1) is 7.52. The van der Waals surface area contributed by atoms with Gasteiger partial charge in [-0.2, -0.15) is 0 Å². The van der Waals surface area contributed by atoms with Gasteiger partial charge in [0.25, 0.3) is 5.91 Å². The second-order valence-electron chi connectivity index (χ2n) is 3.88. The number of aromatic nitrogens is 1. The number of aliphatic hydroxyl groups is 1. The maximum atomic E-state index is 13.2. The number of nitrogens with one attached hydrogen (secondary N) is 1. The fourth-order valence-corrected chi connectivity index (χ4v) is 1.14. The van der Waals surface area contributed by atoms with Gasteiger partial charge >= 0.3 is 0 Å². The number of aliphatic hydroxyl groups excluding tert-OH is 1. The number of pyridine rings is 1. The Balaban J connectivity index is 2.84. The van der Waals surface area contributed by atoms with Gasteiger partial charge in [0, 0.05) is 6.20 Å². The summed E-state index contributed by atoms with van der Waals surface area (Å²) in [5, 5.41) is 11.7. The van der Waals surface area contributed by atoms with Crippen molar-refractivity contribution in [3.8, 4) is 0 Å². The van der Waals surface area contributed by atoms with Gasteiger partial charge in [-0.3, -0.25) is 9.78 Å². The van der Waals surface area contributed by atoms with E-state index < -0.39 is 17.3 Å². The van der Waals surface area contributed by atoms with Gasteiger partial charge in [-0.05, 0) is 19.4 Å². The molecule has 4 nitrogen and oxygen atoms in total. The number of hydrogen-bond acceptors (Lipinski definition) is 3. The van der Waals surface area contributed by atoms with Crippen LogP contribution in [0.3, 0.4) is 0 Å². The molecule has 0 spiro atoms. The molecule has 0 fully saturated rings. The summed E-state index contributed by atoms with van der Waals surface area (Å²) in [5.41, 5.74) is -0.796. The summed E-state index contributed by atoms with van der Waals surface area (Å²) in [6, 6.07) is 1.30. The van der Waals surface area contributed by atoms with E-state index in [4.69, 9.17) is 5.11 Å². The van der Waals surface area contributed by atoms with Crippen molar-refractivity contribution >= 4 is 5.91 Å². The molecule has 0 aliphatic rings. The van der Waals surface area contributed by atoms with Crippen LogP contribution in [0.25, 0.3) is 0 Å². The third-order valence-corrected chi connectivity index (χ3v) is 2.56. The Labute approximate surface area is 93.5 Å². The molecule has 0 aliphatic heterocycles. The molecule has 1 aromatic rings. The predicted molar refractivity (Wildman–Crippen MR) is 57.4 cm³/mol. The molecule has 1 rings (SSSR count). The largest absolute Gasteiger partial charge is 0.394 e. The molecule has 1 atom stereocenters. The highest BCUT2D eigenvalue weighted by Crippen LogP contribution is 2.11. The van der Waals surface area contributed by atoms with Gasteiger partial charge in [0.05, 0.1) is 23.9 Å². The molecule has 1 amide bonds. The van der Waals surface area contributed by atoms with Crippen LogP contribution in [0, 0.1) is 5.82 Å². The maximum Gasteiger partial charge on any atom is 0.254 e. The number of hydrogen-bond donors (Lipinski definition) is 2. The first-order valence-electron chi connectivity index (χ1n) is 5.05. The molecular weight excluding hydrogens is 211 g/mol. The highest BCUT2D eigenvalue weighted by atomic mass is 19.1. The minimum atomic E-state index is -0.729. The lowest BCUT2D eigenvalue weighted by molar-refractivity contribution is 0.0843. The van der Waals surface area contributed by atoms with E-state index >= 15 is 0 Å². The zero-order valence-corrected chi connectivity index (χ0v) is 9.33. The van der Waals surface area contributed by atoms with Gasteiger partial charge in [-0.25, -0.2) is 4.39 Å². The fourth-order valence-electron chi connectivity index (χ4n) is 1.14. The molecule has 1 aromatic heterocycles. The molecule has 0 radical (unpaired) electrons. The first kappa shape index (κ1) is 12.6. The smallest absolute Gasteiger partial charge is 0.254 e. The molecule has 1 unspecified atom stereocenters. The van der Waals surface area contributed by atoms with Crippen molar-refractivity contribution < 1.29 is 14.3 Å². The standard InChI is InChI=1S/C11H15FN2O2/c1-3-11(2,7-15)14-10(16)8-4-5-13-6-9(8)12/h4-6,15H,3,7H2,1-2H3,(H,14,16). The highest BCUT2D eigenvalue weighted by molar-refractivity contribution is 5.94. The third-order valence-electron chi connectivity index (χ3n) is 2.56. The van der Waals surface area contributed by atoms with Crippen molar-refractivity contribution in [1.82, 2.24) is 10.3 Å². The molecule has 16 heavy (non-hydrogen) atoms. The molecule has 5 heteroatoms. The quantitative estimate of drug-likeness (QED) is 0.808. The summed E-state index contributed by atoms with van der Waals surface area (Å²) in [6.07, 6.45) is 2.89. The van der Waals surface area contributed by atoms with E-state index in [0.29, 0.717) is 6.42 Å². The lowest BCUT2D eigenvalue weighted by Crippen LogP contribution is -2.48. The van der Waals surface area contributed by atoms with E-state index in [9.17, 15) is 9.18 Å². The van der Waals surface area contributed by atoms with Gasteiger partial charge in [-0.1, -0.05) is 6.92 Å². The number of halogens is 1. The minimum absolute atomic E-state index is 0.0666. The zero-order valence-electron chi connectivity index (χ0n) is 9.33. The van der Waals surface area contributed by atoms with Gasteiger partial charge in [0.2, 0.25) is 0 Å². The SMILES string of the molecule is CCC(C)(CO)NC(=O)c1ccncc1F.